The summed E-state index contributed by atoms with van der Waals surface area (Å²) >= 11 is 0. The molecule has 0 heterocycles. The topological polar surface area (TPSA) is 35.5 Å². The zero-order valence-electron chi connectivity index (χ0n) is 10.1. The number of halogens is 3. The predicted molar refractivity (Wildman–Crippen MR) is 64.5 cm³/mol. The van der Waals surface area contributed by atoms with Gasteiger partial charge in [0.2, 0.25) is 0 Å². The molecule has 0 aliphatic heterocycles. The molecule has 0 atom stereocenters. The molecule has 0 radical (unpaired) electrons. The summed E-state index contributed by atoms with van der Waals surface area (Å²) in [4.78, 5) is 11.7. The maximum absolute atomic E-state index is 12.0. The van der Waals surface area contributed by atoms with Gasteiger partial charge in [-0.3, -0.25) is 0 Å². The first-order valence-electron chi connectivity index (χ1n) is 5.57. The van der Waals surface area contributed by atoms with E-state index >= 15 is 0 Å². The molecule has 0 aromatic heterocycles. The molecule has 0 aliphatic rings. The molecule has 3 nitrogen and oxygen atoms in total. The van der Waals surface area contributed by atoms with Crippen molar-refractivity contribution in [1.29, 1.82) is 0 Å². The number of ether oxygens (including phenoxy) is 2. The average molecular weight is 282 g/mol. The number of hydrogen-bond donors (Lipinski definition) is 0. The van der Waals surface area contributed by atoms with Crippen molar-refractivity contribution in [2.24, 2.45) is 0 Å². The summed E-state index contributed by atoms with van der Waals surface area (Å²) in [7, 11) is 0. The minimum Gasteiger partial charge on any atom is -0.423 e. The molecule has 0 spiro atoms. The van der Waals surface area contributed by atoms with Crippen LogP contribution in [-0.4, -0.2) is 12.3 Å². The van der Waals surface area contributed by atoms with E-state index in [1.807, 2.05) is 0 Å². The van der Waals surface area contributed by atoms with E-state index < -0.39 is 12.3 Å². The fourth-order valence-electron chi connectivity index (χ4n) is 1.45. The van der Waals surface area contributed by atoms with E-state index in [9.17, 15) is 18.0 Å². The minimum atomic E-state index is -4.75. The number of alkyl halides is 3. The smallest absolute Gasteiger partial charge is 0.423 e. The molecule has 0 fully saturated rings. The highest BCUT2D eigenvalue weighted by atomic mass is 19.4. The van der Waals surface area contributed by atoms with Crippen LogP contribution in [0.4, 0.5) is 13.2 Å². The molecule has 104 valence electrons. The van der Waals surface area contributed by atoms with Gasteiger partial charge in [-0.15, -0.1) is 13.2 Å². The highest BCUT2D eigenvalue weighted by Gasteiger charge is 2.31. The Labute approximate surface area is 112 Å². The van der Waals surface area contributed by atoms with Crippen LogP contribution in [-0.2, 0) is 0 Å². The lowest BCUT2D eigenvalue weighted by atomic mass is 10.2. The van der Waals surface area contributed by atoms with Crippen LogP contribution in [0.2, 0.25) is 0 Å². The Balaban J connectivity index is 2.02. The Kier molecular flexibility index (Phi) is 3.93. The number of hydrogen-bond acceptors (Lipinski definition) is 3. The Morgan fingerprint density at radius 1 is 0.850 bits per heavy atom. The summed E-state index contributed by atoms with van der Waals surface area (Å²) in [5.74, 6) is -0.833. The van der Waals surface area contributed by atoms with E-state index in [-0.39, 0.29) is 11.5 Å². The van der Waals surface area contributed by atoms with Crippen molar-refractivity contribution >= 4 is 5.97 Å². The monoisotopic (exact) mass is 282 g/mol. The van der Waals surface area contributed by atoms with E-state index in [0.29, 0.717) is 5.56 Å². The predicted octanol–water partition coefficient (Wildman–Crippen LogP) is 3.80. The van der Waals surface area contributed by atoms with Gasteiger partial charge in [-0.25, -0.2) is 4.79 Å². The van der Waals surface area contributed by atoms with Gasteiger partial charge in [-0.2, -0.15) is 0 Å². The lowest BCUT2D eigenvalue weighted by Gasteiger charge is -2.09. The Morgan fingerprint density at radius 3 is 1.95 bits per heavy atom. The third-order valence-electron chi connectivity index (χ3n) is 2.28. The van der Waals surface area contributed by atoms with Crippen molar-refractivity contribution in [2.75, 3.05) is 0 Å². The van der Waals surface area contributed by atoms with Crippen LogP contribution in [0.1, 0.15) is 10.4 Å². The quantitative estimate of drug-likeness (QED) is 0.634. The second-order valence-corrected chi connectivity index (χ2v) is 3.77. The molecule has 6 heteroatoms. The number of carbonyl (C=O) groups excluding carboxylic acids is 1. The first kappa shape index (κ1) is 13.9. The third kappa shape index (κ3) is 4.01. The van der Waals surface area contributed by atoms with E-state index in [4.69, 9.17) is 4.74 Å². The van der Waals surface area contributed by atoms with Gasteiger partial charge in [-0.05, 0) is 36.4 Å². The number of rotatable bonds is 3. The first-order valence-corrected chi connectivity index (χ1v) is 5.57. The normalized spacial score (nSPS) is 10.9. The van der Waals surface area contributed by atoms with Crippen molar-refractivity contribution < 1.29 is 27.4 Å². The second-order valence-electron chi connectivity index (χ2n) is 3.77. The van der Waals surface area contributed by atoms with Crippen LogP contribution in [0, 0.1) is 0 Å². The molecule has 0 amide bonds. The first-order chi connectivity index (χ1) is 9.44. The van der Waals surface area contributed by atoms with Crippen molar-refractivity contribution in [3.05, 3.63) is 60.2 Å². The van der Waals surface area contributed by atoms with E-state index in [0.717, 1.165) is 12.1 Å². The summed E-state index contributed by atoms with van der Waals surface area (Å²) in [6, 6.07) is 12.8. The van der Waals surface area contributed by atoms with E-state index in [1.165, 1.54) is 12.1 Å². The van der Waals surface area contributed by atoms with Crippen LogP contribution < -0.4 is 9.47 Å². The standard InChI is InChI=1S/C14H9F3O3/c15-14(16,17)20-12-8-6-11(7-9-12)19-13(18)10-4-2-1-3-5-10/h1-9H. The van der Waals surface area contributed by atoms with Gasteiger partial charge in [0, 0.05) is 0 Å². The Hall–Kier alpha value is -2.50. The van der Waals surface area contributed by atoms with Gasteiger partial charge < -0.3 is 9.47 Å². The van der Waals surface area contributed by atoms with Gasteiger partial charge in [-0.1, -0.05) is 18.2 Å². The zero-order chi connectivity index (χ0) is 14.6. The van der Waals surface area contributed by atoms with Gasteiger partial charge in [0.1, 0.15) is 11.5 Å². The van der Waals surface area contributed by atoms with Crippen LogP contribution in [0.5, 0.6) is 11.5 Å². The fraction of sp³-hybridized carbons (Fsp3) is 0.0714. The third-order valence-corrected chi connectivity index (χ3v) is 2.28. The number of esters is 1. The molecule has 2 aromatic rings. The summed E-state index contributed by atoms with van der Waals surface area (Å²) in [5.41, 5.74) is 0.350. The summed E-state index contributed by atoms with van der Waals surface area (Å²) in [6.45, 7) is 0. The number of benzene rings is 2. The molecule has 0 aliphatic carbocycles. The molecule has 0 N–H and O–H groups in total. The van der Waals surface area contributed by atoms with Gasteiger partial charge in [0.25, 0.3) is 0 Å². The van der Waals surface area contributed by atoms with Gasteiger partial charge >= 0.3 is 12.3 Å². The maximum Gasteiger partial charge on any atom is 0.573 e. The molecule has 2 aromatic carbocycles. The molecule has 0 unspecified atom stereocenters. The lowest BCUT2D eigenvalue weighted by Crippen LogP contribution is -2.17. The number of carbonyl (C=O) groups is 1. The van der Waals surface area contributed by atoms with E-state index in [2.05, 4.69) is 4.74 Å². The van der Waals surface area contributed by atoms with Crippen LogP contribution in [0.3, 0.4) is 0 Å². The fourth-order valence-corrected chi connectivity index (χ4v) is 1.45. The zero-order valence-corrected chi connectivity index (χ0v) is 10.1. The highest BCUT2D eigenvalue weighted by Crippen LogP contribution is 2.25. The summed E-state index contributed by atoms with van der Waals surface area (Å²) < 4.78 is 44.6. The van der Waals surface area contributed by atoms with Crippen LogP contribution >= 0.6 is 0 Å². The minimum absolute atomic E-state index is 0.133. The average Bonchev–Trinajstić information content (AvgIpc) is 2.40. The van der Waals surface area contributed by atoms with Crippen LogP contribution in [0.15, 0.2) is 54.6 Å². The molecular weight excluding hydrogens is 273 g/mol. The molecule has 0 saturated carbocycles. The Morgan fingerprint density at radius 2 is 1.40 bits per heavy atom. The SMILES string of the molecule is O=C(Oc1ccc(OC(F)(F)F)cc1)c1ccccc1. The van der Waals surface area contributed by atoms with Crippen molar-refractivity contribution in [3.8, 4) is 11.5 Å². The Bertz CT molecular complexity index is 577. The molecule has 0 bridgehead atoms. The van der Waals surface area contributed by atoms with Crippen LogP contribution in [0.25, 0.3) is 0 Å². The summed E-state index contributed by atoms with van der Waals surface area (Å²) in [6.07, 6.45) is -4.75. The van der Waals surface area contributed by atoms with Gasteiger partial charge in [0.05, 0.1) is 5.56 Å². The molecular formula is C14H9F3O3. The second kappa shape index (κ2) is 5.64. The van der Waals surface area contributed by atoms with E-state index in [1.54, 1.807) is 30.3 Å². The summed E-state index contributed by atoms with van der Waals surface area (Å²) in [5, 5.41) is 0. The van der Waals surface area contributed by atoms with Crippen molar-refractivity contribution in [1.82, 2.24) is 0 Å². The highest BCUT2D eigenvalue weighted by molar-refractivity contribution is 5.90. The molecule has 20 heavy (non-hydrogen) atoms. The van der Waals surface area contributed by atoms with Gasteiger partial charge in [0.15, 0.2) is 0 Å². The van der Waals surface area contributed by atoms with Crippen molar-refractivity contribution in [3.63, 3.8) is 0 Å². The maximum atomic E-state index is 12.0. The lowest BCUT2D eigenvalue weighted by molar-refractivity contribution is -0.274. The molecule has 0 saturated heterocycles. The largest absolute Gasteiger partial charge is 0.573 e. The van der Waals surface area contributed by atoms with Crippen molar-refractivity contribution in [2.45, 2.75) is 6.36 Å². The molecule has 2 rings (SSSR count).